The molecule has 0 saturated carbocycles. The van der Waals surface area contributed by atoms with E-state index in [9.17, 15) is 9.59 Å². The molecule has 1 aromatic heterocycles. The first-order valence-corrected chi connectivity index (χ1v) is 6.33. The van der Waals surface area contributed by atoms with Crippen molar-refractivity contribution in [3.63, 3.8) is 0 Å². The van der Waals surface area contributed by atoms with Gasteiger partial charge in [0.2, 0.25) is 5.91 Å². The minimum Gasteiger partial charge on any atom is -0.378 e. The number of aromatic nitrogens is 2. The van der Waals surface area contributed by atoms with Crippen molar-refractivity contribution in [2.45, 2.75) is 13.0 Å². The Morgan fingerprint density at radius 3 is 2.95 bits per heavy atom. The molecule has 0 aliphatic carbocycles. The molecule has 0 aromatic carbocycles. The predicted octanol–water partition coefficient (Wildman–Crippen LogP) is 0.0825. The van der Waals surface area contributed by atoms with Gasteiger partial charge in [0.1, 0.15) is 11.1 Å². The van der Waals surface area contributed by atoms with Crippen molar-refractivity contribution < 1.29 is 9.53 Å². The van der Waals surface area contributed by atoms with Gasteiger partial charge in [-0.1, -0.05) is 11.6 Å². The number of morpholine rings is 1. The lowest BCUT2D eigenvalue weighted by Crippen LogP contribution is -2.47. The number of halogens is 1. The Balaban J connectivity index is 2.03. The Morgan fingerprint density at radius 2 is 2.26 bits per heavy atom. The molecule has 2 heterocycles. The molecule has 19 heavy (non-hydrogen) atoms. The summed E-state index contributed by atoms with van der Waals surface area (Å²) in [5.74, 6) is 0.140. The molecule has 1 aliphatic heterocycles. The second-order valence-corrected chi connectivity index (χ2v) is 4.58. The molecule has 2 N–H and O–H groups in total. The number of ether oxygens (including phenoxy) is 1. The van der Waals surface area contributed by atoms with Crippen molar-refractivity contribution in [1.29, 1.82) is 0 Å². The molecule has 1 aliphatic rings. The van der Waals surface area contributed by atoms with E-state index in [2.05, 4.69) is 15.3 Å². The van der Waals surface area contributed by atoms with Gasteiger partial charge < -0.3 is 19.9 Å². The highest BCUT2D eigenvalue weighted by atomic mass is 35.5. The fraction of sp³-hybridized carbons (Fsp3) is 0.545. The smallest absolute Gasteiger partial charge is 0.271 e. The van der Waals surface area contributed by atoms with Gasteiger partial charge in [0.05, 0.1) is 19.5 Å². The van der Waals surface area contributed by atoms with E-state index < -0.39 is 11.6 Å². The standard InChI is InChI=1S/C11H15ClN4O3/c1-7(11(18)16-2-4-19-5-3-16)15-9-8(12)10(17)14-6-13-9/h6-7H,2-5H2,1H3,(H2,13,14,15,17). The van der Waals surface area contributed by atoms with Gasteiger partial charge in [-0.05, 0) is 6.92 Å². The van der Waals surface area contributed by atoms with Crippen LogP contribution in [-0.4, -0.2) is 53.1 Å². The van der Waals surface area contributed by atoms with E-state index in [0.717, 1.165) is 0 Å². The zero-order valence-electron chi connectivity index (χ0n) is 10.5. The van der Waals surface area contributed by atoms with Gasteiger partial charge in [0, 0.05) is 13.1 Å². The van der Waals surface area contributed by atoms with E-state index in [0.29, 0.717) is 26.3 Å². The molecule has 0 radical (unpaired) electrons. The summed E-state index contributed by atoms with van der Waals surface area (Å²) in [6, 6.07) is -0.509. The number of hydrogen-bond acceptors (Lipinski definition) is 5. The van der Waals surface area contributed by atoms with Crippen LogP contribution in [0.25, 0.3) is 0 Å². The molecule has 1 unspecified atom stereocenters. The fourth-order valence-corrected chi connectivity index (χ4v) is 1.97. The van der Waals surface area contributed by atoms with E-state index in [-0.39, 0.29) is 16.7 Å². The Kier molecular flexibility index (Phi) is 4.39. The third-order valence-electron chi connectivity index (χ3n) is 2.84. The minimum atomic E-state index is -0.509. The van der Waals surface area contributed by atoms with Crippen molar-refractivity contribution in [3.8, 4) is 0 Å². The molecule has 1 fully saturated rings. The molecule has 0 bridgehead atoms. The highest BCUT2D eigenvalue weighted by Gasteiger charge is 2.23. The van der Waals surface area contributed by atoms with Crippen molar-refractivity contribution in [1.82, 2.24) is 14.9 Å². The first-order valence-electron chi connectivity index (χ1n) is 5.96. The number of aromatic amines is 1. The van der Waals surface area contributed by atoms with E-state index >= 15 is 0 Å². The zero-order chi connectivity index (χ0) is 13.8. The van der Waals surface area contributed by atoms with Crippen LogP contribution in [0.15, 0.2) is 11.1 Å². The average Bonchev–Trinajstić information content (AvgIpc) is 2.44. The summed E-state index contributed by atoms with van der Waals surface area (Å²) in [6.45, 7) is 3.94. The van der Waals surface area contributed by atoms with Gasteiger partial charge in [0.25, 0.3) is 5.56 Å². The zero-order valence-corrected chi connectivity index (χ0v) is 11.2. The molecule has 1 aromatic rings. The van der Waals surface area contributed by atoms with Crippen LogP contribution >= 0.6 is 11.6 Å². The topological polar surface area (TPSA) is 87.3 Å². The van der Waals surface area contributed by atoms with E-state index in [1.807, 2.05) is 0 Å². The Morgan fingerprint density at radius 1 is 1.58 bits per heavy atom. The van der Waals surface area contributed by atoms with Crippen molar-refractivity contribution >= 4 is 23.3 Å². The van der Waals surface area contributed by atoms with Crippen LogP contribution < -0.4 is 10.9 Å². The van der Waals surface area contributed by atoms with Crippen LogP contribution in [-0.2, 0) is 9.53 Å². The molecule has 1 saturated heterocycles. The molecule has 7 nitrogen and oxygen atoms in total. The van der Waals surface area contributed by atoms with Gasteiger partial charge >= 0.3 is 0 Å². The van der Waals surface area contributed by atoms with Gasteiger partial charge in [-0.3, -0.25) is 9.59 Å². The second-order valence-electron chi connectivity index (χ2n) is 4.20. The summed E-state index contributed by atoms with van der Waals surface area (Å²) in [5.41, 5.74) is -0.440. The number of carbonyl (C=O) groups is 1. The van der Waals surface area contributed by atoms with E-state index in [1.165, 1.54) is 6.33 Å². The van der Waals surface area contributed by atoms with E-state index in [4.69, 9.17) is 16.3 Å². The second kappa shape index (κ2) is 6.03. The Bertz CT molecular complexity index is 513. The molecule has 1 amide bonds. The number of hydrogen-bond donors (Lipinski definition) is 2. The lowest BCUT2D eigenvalue weighted by atomic mass is 10.2. The van der Waals surface area contributed by atoms with Crippen LogP contribution in [0.4, 0.5) is 5.82 Å². The average molecular weight is 287 g/mol. The molecule has 1 atom stereocenters. The highest BCUT2D eigenvalue weighted by molar-refractivity contribution is 6.32. The van der Waals surface area contributed by atoms with Gasteiger partial charge in [-0.25, -0.2) is 4.98 Å². The monoisotopic (exact) mass is 286 g/mol. The number of amides is 1. The number of carbonyl (C=O) groups excluding carboxylic acids is 1. The number of nitrogens with zero attached hydrogens (tertiary/aromatic N) is 2. The SMILES string of the molecule is CC(Nc1nc[nH]c(=O)c1Cl)C(=O)N1CCOCC1. The maximum Gasteiger partial charge on any atom is 0.271 e. The van der Waals surface area contributed by atoms with Crippen LogP contribution in [0.5, 0.6) is 0 Å². The number of nitrogens with one attached hydrogen (secondary N) is 2. The molecular formula is C11H15ClN4O3. The quantitative estimate of drug-likeness (QED) is 0.822. The van der Waals surface area contributed by atoms with Crippen LogP contribution in [0.1, 0.15) is 6.92 Å². The predicted molar refractivity (Wildman–Crippen MR) is 70.4 cm³/mol. The van der Waals surface area contributed by atoms with Crippen molar-refractivity contribution in [2.75, 3.05) is 31.6 Å². The molecular weight excluding hydrogens is 272 g/mol. The van der Waals surface area contributed by atoms with Gasteiger partial charge in [-0.2, -0.15) is 0 Å². The summed E-state index contributed by atoms with van der Waals surface area (Å²) in [7, 11) is 0. The highest BCUT2D eigenvalue weighted by Crippen LogP contribution is 2.14. The van der Waals surface area contributed by atoms with Crippen LogP contribution in [0.2, 0.25) is 5.02 Å². The van der Waals surface area contributed by atoms with Crippen LogP contribution in [0.3, 0.4) is 0 Å². The third-order valence-corrected chi connectivity index (χ3v) is 3.19. The summed E-state index contributed by atoms with van der Waals surface area (Å²) in [6.07, 6.45) is 1.24. The molecule has 0 spiro atoms. The first-order chi connectivity index (χ1) is 9.09. The number of rotatable bonds is 3. The summed E-state index contributed by atoms with van der Waals surface area (Å²) < 4.78 is 5.19. The Hall–Kier alpha value is -1.60. The largest absolute Gasteiger partial charge is 0.378 e. The third kappa shape index (κ3) is 3.24. The molecule has 8 heteroatoms. The maximum atomic E-state index is 12.1. The van der Waals surface area contributed by atoms with Gasteiger partial charge in [-0.15, -0.1) is 0 Å². The number of anilines is 1. The summed E-state index contributed by atoms with van der Waals surface area (Å²) in [5, 5.41) is 2.80. The molecule has 2 rings (SSSR count). The van der Waals surface area contributed by atoms with Gasteiger partial charge in [0.15, 0.2) is 5.82 Å². The minimum absolute atomic E-state index is 0.0517. The summed E-state index contributed by atoms with van der Waals surface area (Å²) >= 11 is 5.81. The summed E-state index contributed by atoms with van der Waals surface area (Å²) in [4.78, 5) is 31.4. The van der Waals surface area contributed by atoms with Crippen molar-refractivity contribution in [3.05, 3.63) is 21.7 Å². The normalized spacial score (nSPS) is 17.1. The van der Waals surface area contributed by atoms with E-state index in [1.54, 1.807) is 11.8 Å². The first kappa shape index (κ1) is 13.8. The van der Waals surface area contributed by atoms with Crippen molar-refractivity contribution in [2.24, 2.45) is 0 Å². The fourth-order valence-electron chi connectivity index (χ4n) is 1.81. The lowest BCUT2D eigenvalue weighted by molar-refractivity contribution is -0.135. The molecule has 104 valence electrons. The Labute approximate surface area is 114 Å². The maximum absolute atomic E-state index is 12.1. The lowest BCUT2D eigenvalue weighted by Gasteiger charge is -2.29. The van der Waals surface area contributed by atoms with Crippen LogP contribution in [0, 0.1) is 0 Å². The number of H-pyrrole nitrogens is 1.